The third kappa shape index (κ3) is 3.72. The number of aromatic nitrogens is 1. The van der Waals surface area contributed by atoms with Crippen LogP contribution in [0.5, 0.6) is 0 Å². The topological polar surface area (TPSA) is 62.3 Å². The molecule has 0 bridgehead atoms. The number of amides is 2. The molecular formula is C22H19N3O2. The summed E-state index contributed by atoms with van der Waals surface area (Å²) in [5.74, 6) is -0.0636. The van der Waals surface area contributed by atoms with Crippen LogP contribution in [0.2, 0.25) is 0 Å². The lowest BCUT2D eigenvalue weighted by atomic mass is 10.1. The summed E-state index contributed by atoms with van der Waals surface area (Å²) in [6.45, 7) is 0.756. The van der Waals surface area contributed by atoms with Crippen LogP contribution >= 0.6 is 0 Å². The summed E-state index contributed by atoms with van der Waals surface area (Å²) < 4.78 is 0. The first-order valence-electron chi connectivity index (χ1n) is 8.94. The Labute approximate surface area is 157 Å². The number of para-hydroxylation sites is 1. The summed E-state index contributed by atoms with van der Waals surface area (Å²) in [4.78, 5) is 30.2. The van der Waals surface area contributed by atoms with Gasteiger partial charge < -0.3 is 10.2 Å². The lowest BCUT2D eigenvalue weighted by molar-refractivity contribution is -0.117. The van der Waals surface area contributed by atoms with Crippen molar-refractivity contribution in [1.82, 2.24) is 4.98 Å². The molecule has 1 aromatic heterocycles. The largest absolute Gasteiger partial charge is 0.323 e. The average Bonchev–Trinajstić information content (AvgIpc) is 3.13. The Balaban J connectivity index is 1.44. The molecule has 134 valence electrons. The van der Waals surface area contributed by atoms with Gasteiger partial charge in [-0.15, -0.1) is 0 Å². The highest BCUT2D eigenvalue weighted by molar-refractivity contribution is 6.03. The molecule has 0 spiro atoms. The van der Waals surface area contributed by atoms with E-state index in [1.165, 1.54) is 6.08 Å². The quantitative estimate of drug-likeness (QED) is 0.718. The summed E-state index contributed by atoms with van der Waals surface area (Å²) in [5, 5.41) is 3.87. The van der Waals surface area contributed by atoms with Gasteiger partial charge in [-0.25, -0.2) is 0 Å². The van der Waals surface area contributed by atoms with Gasteiger partial charge in [0.15, 0.2) is 0 Å². The van der Waals surface area contributed by atoms with Gasteiger partial charge in [0.05, 0.1) is 5.52 Å². The molecule has 1 saturated heterocycles. The predicted octanol–water partition coefficient (Wildman–Crippen LogP) is 4.01. The van der Waals surface area contributed by atoms with Gasteiger partial charge in [0.25, 0.3) is 0 Å². The molecule has 2 aromatic carbocycles. The van der Waals surface area contributed by atoms with Gasteiger partial charge in [-0.05, 0) is 42.8 Å². The van der Waals surface area contributed by atoms with Crippen LogP contribution in [0.15, 0.2) is 66.9 Å². The smallest absolute Gasteiger partial charge is 0.248 e. The Hall–Kier alpha value is -3.47. The number of nitrogens with one attached hydrogen (secondary N) is 1. The van der Waals surface area contributed by atoms with Crippen molar-refractivity contribution >= 4 is 40.2 Å². The molecule has 5 heteroatoms. The van der Waals surface area contributed by atoms with Crippen molar-refractivity contribution in [3.05, 3.63) is 72.4 Å². The first kappa shape index (κ1) is 17.0. The normalized spacial score (nSPS) is 14.2. The van der Waals surface area contributed by atoms with Crippen LogP contribution in [0.3, 0.4) is 0 Å². The molecule has 1 aliphatic heterocycles. The van der Waals surface area contributed by atoms with E-state index >= 15 is 0 Å². The third-order valence-corrected chi connectivity index (χ3v) is 4.60. The number of fused-ring (bicyclic) bond motifs is 1. The molecule has 1 N–H and O–H groups in total. The maximum Gasteiger partial charge on any atom is 0.248 e. The molecule has 27 heavy (non-hydrogen) atoms. The van der Waals surface area contributed by atoms with Gasteiger partial charge in [-0.2, -0.15) is 0 Å². The van der Waals surface area contributed by atoms with Gasteiger partial charge in [-0.3, -0.25) is 14.6 Å². The molecular weight excluding hydrogens is 338 g/mol. The second-order valence-corrected chi connectivity index (χ2v) is 6.44. The molecule has 0 saturated carbocycles. The molecule has 1 aliphatic rings. The number of rotatable bonds is 4. The van der Waals surface area contributed by atoms with E-state index in [1.54, 1.807) is 17.2 Å². The minimum absolute atomic E-state index is 0.151. The van der Waals surface area contributed by atoms with E-state index in [0.717, 1.165) is 35.1 Å². The Morgan fingerprint density at radius 1 is 1.07 bits per heavy atom. The van der Waals surface area contributed by atoms with Crippen LogP contribution in [0.25, 0.3) is 17.0 Å². The second-order valence-electron chi connectivity index (χ2n) is 6.44. The fraction of sp³-hybridized carbons (Fsp3) is 0.136. The Bertz CT molecular complexity index is 1020. The number of pyridine rings is 1. The number of nitrogens with zero attached hydrogens (tertiary/aromatic N) is 2. The zero-order chi connectivity index (χ0) is 18.6. The zero-order valence-corrected chi connectivity index (χ0v) is 14.8. The van der Waals surface area contributed by atoms with Crippen molar-refractivity contribution in [3.63, 3.8) is 0 Å². The van der Waals surface area contributed by atoms with Crippen molar-refractivity contribution < 1.29 is 9.59 Å². The van der Waals surface area contributed by atoms with Gasteiger partial charge in [0, 0.05) is 47.6 Å². The molecule has 0 radical (unpaired) electrons. The Morgan fingerprint density at radius 3 is 2.67 bits per heavy atom. The molecule has 3 aromatic rings. The van der Waals surface area contributed by atoms with Gasteiger partial charge in [-0.1, -0.05) is 24.3 Å². The molecule has 4 rings (SSSR count). The minimum atomic E-state index is -0.215. The average molecular weight is 357 g/mol. The summed E-state index contributed by atoms with van der Waals surface area (Å²) >= 11 is 0. The summed E-state index contributed by atoms with van der Waals surface area (Å²) in [5.41, 5.74) is 3.32. The third-order valence-electron chi connectivity index (χ3n) is 4.60. The Morgan fingerprint density at radius 2 is 1.89 bits per heavy atom. The van der Waals surface area contributed by atoms with Crippen LogP contribution in [0.4, 0.5) is 11.4 Å². The Kier molecular flexibility index (Phi) is 4.66. The fourth-order valence-electron chi connectivity index (χ4n) is 3.26. The molecule has 5 nitrogen and oxygen atoms in total. The fourth-order valence-corrected chi connectivity index (χ4v) is 3.26. The van der Waals surface area contributed by atoms with Crippen molar-refractivity contribution in [3.8, 4) is 0 Å². The first-order chi connectivity index (χ1) is 13.2. The van der Waals surface area contributed by atoms with Crippen LogP contribution in [0.1, 0.15) is 18.4 Å². The van der Waals surface area contributed by atoms with E-state index < -0.39 is 0 Å². The summed E-state index contributed by atoms with van der Waals surface area (Å²) in [6, 6.07) is 17.1. The number of benzene rings is 2. The van der Waals surface area contributed by atoms with Crippen LogP contribution in [-0.4, -0.2) is 23.3 Å². The maximum absolute atomic E-state index is 12.2. The monoisotopic (exact) mass is 357 g/mol. The molecule has 1 fully saturated rings. The predicted molar refractivity (Wildman–Crippen MR) is 107 cm³/mol. The molecule has 2 heterocycles. The van der Waals surface area contributed by atoms with Crippen molar-refractivity contribution in [2.45, 2.75) is 12.8 Å². The highest BCUT2D eigenvalue weighted by Gasteiger charge is 2.21. The lowest BCUT2D eigenvalue weighted by Gasteiger charge is -2.15. The van der Waals surface area contributed by atoms with Gasteiger partial charge in [0.1, 0.15) is 0 Å². The van der Waals surface area contributed by atoms with Gasteiger partial charge in [0.2, 0.25) is 11.8 Å². The van der Waals surface area contributed by atoms with Crippen LogP contribution in [0, 0.1) is 0 Å². The SMILES string of the molecule is O=C(/C=C/c1cccc2cccnc12)Nc1ccc(N2CCCC2=O)cc1. The van der Waals surface area contributed by atoms with Crippen molar-refractivity contribution in [2.24, 2.45) is 0 Å². The summed E-state index contributed by atoms with van der Waals surface area (Å²) in [6.07, 6.45) is 6.51. The molecule has 0 aliphatic carbocycles. The highest BCUT2D eigenvalue weighted by Crippen LogP contribution is 2.23. The molecule has 0 unspecified atom stereocenters. The van der Waals surface area contributed by atoms with E-state index in [9.17, 15) is 9.59 Å². The maximum atomic E-state index is 12.2. The van der Waals surface area contributed by atoms with E-state index in [4.69, 9.17) is 0 Å². The van der Waals surface area contributed by atoms with E-state index in [2.05, 4.69) is 10.3 Å². The number of anilines is 2. The number of carbonyl (C=O) groups is 2. The first-order valence-corrected chi connectivity index (χ1v) is 8.94. The van der Waals surface area contributed by atoms with E-state index in [-0.39, 0.29) is 11.8 Å². The number of hydrogen-bond donors (Lipinski definition) is 1. The number of hydrogen-bond acceptors (Lipinski definition) is 3. The zero-order valence-electron chi connectivity index (χ0n) is 14.8. The van der Waals surface area contributed by atoms with Crippen LogP contribution < -0.4 is 10.2 Å². The van der Waals surface area contributed by atoms with Gasteiger partial charge >= 0.3 is 0 Å². The second kappa shape index (κ2) is 7.41. The van der Waals surface area contributed by atoms with E-state index in [0.29, 0.717) is 12.1 Å². The summed E-state index contributed by atoms with van der Waals surface area (Å²) in [7, 11) is 0. The van der Waals surface area contributed by atoms with Crippen LogP contribution in [-0.2, 0) is 9.59 Å². The minimum Gasteiger partial charge on any atom is -0.323 e. The van der Waals surface area contributed by atoms with Crippen molar-refractivity contribution in [2.75, 3.05) is 16.8 Å². The molecule has 2 amide bonds. The van der Waals surface area contributed by atoms with E-state index in [1.807, 2.05) is 54.6 Å². The van der Waals surface area contributed by atoms with Crippen molar-refractivity contribution in [1.29, 1.82) is 0 Å². The highest BCUT2D eigenvalue weighted by atomic mass is 16.2. The standard InChI is InChI=1S/C22H19N3O2/c26-20(13-8-17-5-1-4-16-6-2-14-23-22(16)17)24-18-9-11-19(12-10-18)25-15-3-7-21(25)27/h1-2,4-6,8-14H,3,7,15H2,(H,24,26)/b13-8+. The lowest BCUT2D eigenvalue weighted by Crippen LogP contribution is -2.23. The molecule has 0 atom stereocenters. The number of carbonyl (C=O) groups excluding carboxylic acids is 2.